The summed E-state index contributed by atoms with van der Waals surface area (Å²) in [6.45, 7) is 9.87. The van der Waals surface area contributed by atoms with Crippen LogP contribution in [-0.2, 0) is 14.0 Å². The summed E-state index contributed by atoms with van der Waals surface area (Å²) in [5, 5.41) is 0.422. The van der Waals surface area contributed by atoms with Gasteiger partial charge in [-0.15, -0.1) is 0 Å². The number of aromatic nitrogens is 1. The highest BCUT2D eigenvalue weighted by Crippen LogP contribution is 2.36. The van der Waals surface area contributed by atoms with Gasteiger partial charge in [-0.05, 0) is 52.2 Å². The summed E-state index contributed by atoms with van der Waals surface area (Å²) in [7, 11) is -0.511. The molecule has 1 aromatic heterocycles. The molecule has 1 aliphatic heterocycles. The highest BCUT2D eigenvalue weighted by Gasteiger charge is 2.51. The number of carbonyl (C=O) groups is 1. The summed E-state index contributed by atoms with van der Waals surface area (Å²) in [6.07, 6.45) is 1.39. The average molecular weight is 343 g/mol. The number of benzene rings is 1. The number of carbonyl (C=O) groups excluding carboxylic acids is 1. The van der Waals surface area contributed by atoms with E-state index in [-0.39, 0.29) is 17.6 Å². The lowest BCUT2D eigenvalue weighted by Gasteiger charge is -2.32. The van der Waals surface area contributed by atoms with Crippen LogP contribution in [-0.4, -0.2) is 35.9 Å². The largest absolute Gasteiger partial charge is 0.494 e. The Morgan fingerprint density at radius 3 is 2.44 bits per heavy atom. The molecule has 0 unspecified atom stereocenters. The van der Waals surface area contributed by atoms with Gasteiger partial charge in [-0.2, -0.15) is 0 Å². The van der Waals surface area contributed by atoms with Crippen molar-refractivity contribution in [2.24, 2.45) is 0 Å². The van der Waals surface area contributed by atoms with E-state index in [2.05, 4.69) is 4.98 Å². The summed E-state index contributed by atoms with van der Waals surface area (Å²) in [6, 6.07) is 5.28. The first-order valence-electron chi connectivity index (χ1n) is 8.34. The van der Waals surface area contributed by atoms with Crippen LogP contribution >= 0.6 is 0 Å². The first-order valence-corrected chi connectivity index (χ1v) is 8.34. The van der Waals surface area contributed by atoms with Gasteiger partial charge in [0.05, 0.1) is 17.8 Å². The van der Waals surface area contributed by atoms with Crippen LogP contribution < -0.4 is 10.9 Å². The van der Waals surface area contributed by atoms with Crippen molar-refractivity contribution < 1.29 is 18.8 Å². The zero-order valence-corrected chi connectivity index (χ0v) is 15.1. The van der Waals surface area contributed by atoms with Crippen molar-refractivity contribution in [2.75, 3.05) is 6.61 Å². The molecule has 1 fully saturated rings. The summed E-state index contributed by atoms with van der Waals surface area (Å²) < 4.78 is 17.0. The van der Waals surface area contributed by atoms with Gasteiger partial charge in [0.25, 0.3) is 0 Å². The number of fused-ring (bicyclic) bond motifs is 1. The number of pyridine rings is 1. The molecule has 2 aromatic rings. The second-order valence-electron chi connectivity index (χ2n) is 7.15. The smallest absolute Gasteiger partial charge is 0.462 e. The van der Waals surface area contributed by atoms with Crippen molar-refractivity contribution in [3.8, 4) is 0 Å². The standard InChI is InChI=1S/C18H22BNO5/c1-6-23-16(22)13-10-20-14-9-11(7-8-12(14)15(13)21)19-24-17(2,3)18(4,5)25-19/h7-10H,6H2,1-5H3,(H,20,21). The summed E-state index contributed by atoms with van der Waals surface area (Å²) in [4.78, 5) is 27.3. The fraction of sp³-hybridized carbons (Fsp3) is 0.444. The Labute approximate surface area is 146 Å². The van der Waals surface area contributed by atoms with Crippen LogP contribution in [0.5, 0.6) is 0 Å². The van der Waals surface area contributed by atoms with E-state index in [1.54, 1.807) is 19.1 Å². The van der Waals surface area contributed by atoms with Gasteiger partial charge in [0.15, 0.2) is 0 Å². The Morgan fingerprint density at radius 1 is 1.20 bits per heavy atom. The Kier molecular flexibility index (Phi) is 4.25. The van der Waals surface area contributed by atoms with E-state index in [0.29, 0.717) is 10.9 Å². The zero-order valence-electron chi connectivity index (χ0n) is 15.1. The molecule has 2 heterocycles. The van der Waals surface area contributed by atoms with E-state index in [1.807, 2.05) is 33.8 Å². The Hall–Kier alpha value is -2.12. The van der Waals surface area contributed by atoms with Gasteiger partial charge in [0.1, 0.15) is 5.56 Å². The molecule has 0 spiro atoms. The van der Waals surface area contributed by atoms with Crippen molar-refractivity contribution in [1.82, 2.24) is 4.98 Å². The molecule has 3 rings (SSSR count). The van der Waals surface area contributed by atoms with Gasteiger partial charge < -0.3 is 19.0 Å². The van der Waals surface area contributed by atoms with Crippen LogP contribution in [0.15, 0.2) is 29.2 Å². The number of aromatic amines is 1. The molecule has 7 heteroatoms. The highest BCUT2D eigenvalue weighted by atomic mass is 16.7. The third-order valence-electron chi connectivity index (χ3n) is 4.93. The number of esters is 1. The van der Waals surface area contributed by atoms with Gasteiger partial charge in [-0.3, -0.25) is 4.79 Å². The molecule has 0 amide bonds. The fourth-order valence-corrected chi connectivity index (χ4v) is 2.73. The third-order valence-corrected chi connectivity index (χ3v) is 4.93. The topological polar surface area (TPSA) is 77.6 Å². The van der Waals surface area contributed by atoms with E-state index in [9.17, 15) is 9.59 Å². The number of ether oxygens (including phenoxy) is 1. The van der Waals surface area contributed by atoms with Crippen molar-refractivity contribution in [3.05, 3.63) is 40.2 Å². The minimum absolute atomic E-state index is 0.00210. The second kappa shape index (κ2) is 6.00. The molecule has 1 aliphatic rings. The maximum atomic E-state index is 12.5. The number of hydrogen-bond donors (Lipinski definition) is 1. The van der Waals surface area contributed by atoms with Crippen molar-refractivity contribution in [1.29, 1.82) is 0 Å². The Morgan fingerprint density at radius 2 is 1.84 bits per heavy atom. The molecule has 25 heavy (non-hydrogen) atoms. The number of rotatable bonds is 3. The lowest BCUT2D eigenvalue weighted by molar-refractivity contribution is 0.00578. The number of hydrogen-bond acceptors (Lipinski definition) is 5. The molecule has 0 bridgehead atoms. The molecule has 1 saturated heterocycles. The van der Waals surface area contributed by atoms with Gasteiger partial charge in [0.2, 0.25) is 5.43 Å². The van der Waals surface area contributed by atoms with E-state index >= 15 is 0 Å². The van der Waals surface area contributed by atoms with E-state index in [4.69, 9.17) is 14.0 Å². The monoisotopic (exact) mass is 343 g/mol. The second-order valence-corrected chi connectivity index (χ2v) is 7.15. The van der Waals surface area contributed by atoms with Gasteiger partial charge >= 0.3 is 13.1 Å². The van der Waals surface area contributed by atoms with E-state index in [0.717, 1.165) is 5.46 Å². The van der Waals surface area contributed by atoms with E-state index in [1.165, 1.54) is 6.20 Å². The average Bonchev–Trinajstić information content (AvgIpc) is 2.75. The summed E-state index contributed by atoms with van der Waals surface area (Å²) in [5.41, 5.74) is 0.197. The molecule has 1 N–H and O–H groups in total. The minimum atomic E-state index is -0.624. The highest BCUT2D eigenvalue weighted by molar-refractivity contribution is 6.62. The lowest BCUT2D eigenvalue weighted by atomic mass is 9.78. The quantitative estimate of drug-likeness (QED) is 0.681. The Bertz CT molecular complexity index is 871. The van der Waals surface area contributed by atoms with Crippen LogP contribution in [0, 0.1) is 0 Å². The summed E-state index contributed by atoms with van der Waals surface area (Å²) >= 11 is 0. The van der Waals surface area contributed by atoms with Crippen LogP contribution in [0.4, 0.5) is 0 Å². The first kappa shape index (κ1) is 17.7. The molecular formula is C18H22BNO5. The SMILES string of the molecule is CCOC(=O)c1c[nH]c2cc(B3OC(C)(C)C(C)(C)O3)ccc2c1=O. The van der Waals surface area contributed by atoms with Crippen molar-refractivity contribution in [2.45, 2.75) is 45.8 Å². The van der Waals surface area contributed by atoms with E-state index < -0.39 is 24.3 Å². The lowest BCUT2D eigenvalue weighted by Crippen LogP contribution is -2.41. The minimum Gasteiger partial charge on any atom is -0.462 e. The van der Waals surface area contributed by atoms with Crippen molar-refractivity contribution >= 4 is 29.5 Å². The van der Waals surface area contributed by atoms with Crippen LogP contribution in [0.1, 0.15) is 45.0 Å². The molecular weight excluding hydrogens is 321 g/mol. The third kappa shape index (κ3) is 2.98. The molecule has 0 saturated carbocycles. The molecule has 0 radical (unpaired) electrons. The number of nitrogens with one attached hydrogen (secondary N) is 1. The van der Waals surface area contributed by atoms with Gasteiger partial charge in [0, 0.05) is 17.1 Å². The van der Waals surface area contributed by atoms with Gasteiger partial charge in [-0.1, -0.05) is 6.07 Å². The molecule has 0 atom stereocenters. The molecule has 0 aliphatic carbocycles. The normalized spacial score (nSPS) is 18.5. The van der Waals surface area contributed by atoms with Crippen molar-refractivity contribution in [3.63, 3.8) is 0 Å². The van der Waals surface area contributed by atoms with Crippen LogP contribution in [0.2, 0.25) is 0 Å². The molecule has 132 valence electrons. The predicted octanol–water partition coefficient (Wildman–Crippen LogP) is 2.00. The Balaban J connectivity index is 1.99. The molecule has 1 aromatic carbocycles. The maximum absolute atomic E-state index is 12.5. The zero-order chi connectivity index (χ0) is 18.4. The summed E-state index contributed by atoms with van der Waals surface area (Å²) in [5.74, 6) is -0.624. The predicted molar refractivity (Wildman–Crippen MR) is 96.2 cm³/mol. The fourth-order valence-electron chi connectivity index (χ4n) is 2.73. The van der Waals surface area contributed by atoms with Crippen LogP contribution in [0.25, 0.3) is 10.9 Å². The number of H-pyrrole nitrogens is 1. The molecule has 6 nitrogen and oxygen atoms in total. The maximum Gasteiger partial charge on any atom is 0.494 e. The van der Waals surface area contributed by atoms with Crippen LogP contribution in [0.3, 0.4) is 0 Å². The first-order chi connectivity index (χ1) is 11.7. The van der Waals surface area contributed by atoms with Gasteiger partial charge in [-0.25, -0.2) is 4.79 Å².